The normalized spacial score (nSPS) is 21.3. The zero-order chi connectivity index (χ0) is 17.1. The molecular formula is C21H26N4. The molecular weight excluding hydrogens is 308 g/mol. The van der Waals surface area contributed by atoms with Crippen molar-refractivity contribution in [3.63, 3.8) is 0 Å². The third-order valence-corrected chi connectivity index (χ3v) is 5.09. The summed E-state index contributed by atoms with van der Waals surface area (Å²) in [5.41, 5.74) is 5.21. The lowest BCUT2D eigenvalue weighted by Crippen LogP contribution is -2.33. The van der Waals surface area contributed by atoms with E-state index < -0.39 is 0 Å². The fourth-order valence-electron chi connectivity index (χ4n) is 3.83. The molecule has 1 saturated heterocycles. The van der Waals surface area contributed by atoms with Gasteiger partial charge in [-0.2, -0.15) is 0 Å². The smallest absolute Gasteiger partial charge is 0.145 e. The molecule has 3 heterocycles. The Morgan fingerprint density at radius 1 is 1.32 bits per heavy atom. The van der Waals surface area contributed by atoms with Gasteiger partial charge in [-0.1, -0.05) is 42.0 Å². The molecule has 1 N–H and O–H groups in total. The van der Waals surface area contributed by atoms with Crippen molar-refractivity contribution in [3.05, 3.63) is 64.7 Å². The van der Waals surface area contributed by atoms with Crippen LogP contribution in [0.5, 0.6) is 0 Å². The third-order valence-electron chi connectivity index (χ3n) is 5.09. The van der Waals surface area contributed by atoms with Crippen LogP contribution < -0.4 is 5.32 Å². The predicted octanol–water partition coefficient (Wildman–Crippen LogP) is 3.36. The molecule has 2 aromatic rings. The first-order valence-corrected chi connectivity index (χ1v) is 9.30. The summed E-state index contributed by atoms with van der Waals surface area (Å²) in [6.07, 6.45) is 7.75. The molecule has 2 aliphatic heterocycles. The van der Waals surface area contributed by atoms with Gasteiger partial charge in [-0.3, -0.25) is 4.90 Å². The Morgan fingerprint density at radius 3 is 3.00 bits per heavy atom. The molecule has 4 heteroatoms. The van der Waals surface area contributed by atoms with Crippen molar-refractivity contribution in [3.8, 4) is 0 Å². The Bertz CT molecular complexity index is 748. The Balaban J connectivity index is 1.41. The predicted molar refractivity (Wildman–Crippen MR) is 101 cm³/mol. The van der Waals surface area contributed by atoms with E-state index in [4.69, 9.17) is 4.98 Å². The van der Waals surface area contributed by atoms with E-state index in [1.807, 2.05) is 0 Å². The van der Waals surface area contributed by atoms with Crippen molar-refractivity contribution in [1.82, 2.24) is 20.2 Å². The van der Waals surface area contributed by atoms with Crippen molar-refractivity contribution >= 4 is 6.08 Å². The van der Waals surface area contributed by atoms with Crippen LogP contribution in [0.1, 0.15) is 48.5 Å². The summed E-state index contributed by atoms with van der Waals surface area (Å²) in [5.74, 6) is 0.991. The van der Waals surface area contributed by atoms with Gasteiger partial charge in [0.05, 0.1) is 6.04 Å². The minimum absolute atomic E-state index is 0.361. The molecule has 0 saturated carbocycles. The second kappa shape index (κ2) is 7.46. The van der Waals surface area contributed by atoms with E-state index >= 15 is 0 Å². The van der Waals surface area contributed by atoms with E-state index in [0.717, 1.165) is 44.8 Å². The summed E-state index contributed by atoms with van der Waals surface area (Å²) in [7, 11) is 0. The molecule has 0 spiro atoms. The van der Waals surface area contributed by atoms with Crippen molar-refractivity contribution < 1.29 is 0 Å². The number of nitrogens with zero attached hydrogens (tertiary/aromatic N) is 3. The Hall–Kier alpha value is -2.04. The van der Waals surface area contributed by atoms with Crippen LogP contribution in [0.3, 0.4) is 0 Å². The molecule has 4 nitrogen and oxygen atoms in total. The summed E-state index contributed by atoms with van der Waals surface area (Å²) < 4.78 is 0. The van der Waals surface area contributed by atoms with Crippen molar-refractivity contribution in [1.29, 1.82) is 0 Å². The maximum Gasteiger partial charge on any atom is 0.145 e. The number of fused-ring (bicyclic) bond motifs is 1. The summed E-state index contributed by atoms with van der Waals surface area (Å²) >= 11 is 0. The number of rotatable bonds is 4. The van der Waals surface area contributed by atoms with Gasteiger partial charge in [0.15, 0.2) is 0 Å². The first-order chi connectivity index (χ1) is 12.3. The first kappa shape index (κ1) is 16.4. The summed E-state index contributed by atoms with van der Waals surface area (Å²) in [4.78, 5) is 12.0. The van der Waals surface area contributed by atoms with E-state index in [-0.39, 0.29) is 0 Å². The van der Waals surface area contributed by atoms with Crippen molar-refractivity contribution in [2.45, 2.75) is 38.8 Å². The van der Waals surface area contributed by atoms with Gasteiger partial charge < -0.3 is 5.32 Å². The minimum atomic E-state index is 0.361. The SMILES string of the molecule is C/C(=C\c1ccccc1)CN1CCc2nc([C@H]3CCCN3)ncc2C1. The van der Waals surface area contributed by atoms with Gasteiger partial charge in [0.2, 0.25) is 0 Å². The highest BCUT2D eigenvalue weighted by atomic mass is 15.1. The highest BCUT2D eigenvalue weighted by Crippen LogP contribution is 2.23. The molecule has 2 aliphatic rings. The fourth-order valence-corrected chi connectivity index (χ4v) is 3.83. The molecule has 0 aliphatic carbocycles. The first-order valence-electron chi connectivity index (χ1n) is 9.30. The van der Waals surface area contributed by atoms with Crippen LogP contribution in [0.25, 0.3) is 6.08 Å². The molecule has 4 rings (SSSR count). The van der Waals surface area contributed by atoms with Crippen molar-refractivity contribution in [2.75, 3.05) is 19.6 Å². The van der Waals surface area contributed by atoms with E-state index in [9.17, 15) is 0 Å². The highest BCUT2D eigenvalue weighted by molar-refractivity contribution is 5.52. The Kier molecular flexibility index (Phi) is 4.90. The Morgan fingerprint density at radius 2 is 2.20 bits per heavy atom. The number of hydrogen-bond donors (Lipinski definition) is 1. The monoisotopic (exact) mass is 334 g/mol. The second-order valence-electron chi connectivity index (χ2n) is 7.21. The van der Waals surface area contributed by atoms with Crippen LogP contribution in [0.15, 0.2) is 42.1 Å². The zero-order valence-corrected chi connectivity index (χ0v) is 14.9. The van der Waals surface area contributed by atoms with Crippen LogP contribution in [0.2, 0.25) is 0 Å². The average Bonchev–Trinajstić information content (AvgIpc) is 3.17. The molecule has 0 unspecified atom stereocenters. The summed E-state index contributed by atoms with van der Waals surface area (Å²) in [6, 6.07) is 10.9. The maximum atomic E-state index is 4.86. The van der Waals surface area contributed by atoms with E-state index in [2.05, 4.69) is 64.7 Å². The molecule has 0 bridgehead atoms. The molecule has 1 aromatic heterocycles. The van der Waals surface area contributed by atoms with E-state index in [1.165, 1.54) is 28.8 Å². The van der Waals surface area contributed by atoms with Gasteiger partial charge in [0, 0.05) is 43.5 Å². The van der Waals surface area contributed by atoms with Crippen LogP contribution in [-0.4, -0.2) is 34.5 Å². The zero-order valence-electron chi connectivity index (χ0n) is 14.9. The van der Waals surface area contributed by atoms with Gasteiger partial charge >= 0.3 is 0 Å². The number of aromatic nitrogens is 2. The standard InChI is InChI=1S/C21H26N4/c1-16(12-17-6-3-2-4-7-17)14-25-11-9-19-18(15-25)13-23-21(24-19)20-8-5-10-22-20/h2-4,6-7,12-13,20,22H,5,8-11,14-15H2,1H3/b16-12+/t20-/m1/s1. The Labute approximate surface area is 150 Å². The largest absolute Gasteiger partial charge is 0.307 e. The lowest BCUT2D eigenvalue weighted by atomic mass is 10.1. The number of hydrogen-bond acceptors (Lipinski definition) is 4. The van der Waals surface area contributed by atoms with Crippen molar-refractivity contribution in [2.24, 2.45) is 0 Å². The van der Waals surface area contributed by atoms with Crippen LogP contribution in [0, 0.1) is 0 Å². The maximum absolute atomic E-state index is 4.86. The molecule has 1 atom stereocenters. The van der Waals surface area contributed by atoms with Crippen LogP contribution in [-0.2, 0) is 13.0 Å². The van der Waals surface area contributed by atoms with Crippen LogP contribution in [0.4, 0.5) is 0 Å². The van der Waals surface area contributed by atoms with Gasteiger partial charge in [-0.05, 0) is 31.9 Å². The summed E-state index contributed by atoms with van der Waals surface area (Å²) in [5, 5.41) is 3.49. The fraction of sp³-hybridized carbons (Fsp3) is 0.429. The lowest BCUT2D eigenvalue weighted by Gasteiger charge is -2.28. The third kappa shape index (κ3) is 3.97. The molecule has 1 fully saturated rings. The minimum Gasteiger partial charge on any atom is -0.307 e. The number of benzene rings is 1. The van der Waals surface area contributed by atoms with Gasteiger partial charge in [0.1, 0.15) is 5.82 Å². The molecule has 0 amide bonds. The molecule has 0 radical (unpaired) electrons. The average molecular weight is 334 g/mol. The quantitative estimate of drug-likeness (QED) is 0.931. The van der Waals surface area contributed by atoms with E-state index in [1.54, 1.807) is 0 Å². The number of nitrogens with one attached hydrogen (secondary N) is 1. The molecule has 130 valence electrons. The molecule has 25 heavy (non-hydrogen) atoms. The summed E-state index contributed by atoms with van der Waals surface area (Å²) in [6.45, 7) is 6.33. The topological polar surface area (TPSA) is 41.1 Å². The lowest BCUT2D eigenvalue weighted by molar-refractivity contribution is 0.272. The molecule has 1 aromatic carbocycles. The van der Waals surface area contributed by atoms with Gasteiger partial charge in [-0.15, -0.1) is 0 Å². The second-order valence-corrected chi connectivity index (χ2v) is 7.21. The van der Waals surface area contributed by atoms with Gasteiger partial charge in [0.25, 0.3) is 0 Å². The van der Waals surface area contributed by atoms with E-state index in [0.29, 0.717) is 6.04 Å². The van der Waals surface area contributed by atoms with Gasteiger partial charge in [-0.25, -0.2) is 9.97 Å². The van der Waals surface area contributed by atoms with Crippen LogP contribution >= 0.6 is 0 Å². The highest BCUT2D eigenvalue weighted by Gasteiger charge is 2.23.